The first-order valence-electron chi connectivity index (χ1n) is 9.36. The van der Waals surface area contributed by atoms with Crippen LogP contribution < -0.4 is 21.3 Å². The molecule has 4 N–H and O–H groups in total. The molecule has 0 bridgehead atoms. The molecule has 0 saturated carbocycles. The number of nitrogens with zero attached hydrogens (tertiary/aromatic N) is 2. The van der Waals surface area contributed by atoms with E-state index in [2.05, 4.69) is 47.1 Å². The van der Waals surface area contributed by atoms with Crippen LogP contribution in [0.4, 0.5) is 5.82 Å². The molecule has 9 nitrogen and oxygen atoms in total. The maximum absolute atomic E-state index is 12.3. The van der Waals surface area contributed by atoms with Crippen LogP contribution in [0.15, 0.2) is 23.6 Å². The van der Waals surface area contributed by atoms with Crippen molar-refractivity contribution in [3.63, 3.8) is 0 Å². The molecule has 2 atom stereocenters. The highest BCUT2D eigenvalue weighted by Crippen LogP contribution is 2.27. The zero-order chi connectivity index (χ0) is 21.2. The second-order valence-corrected chi connectivity index (χ2v) is 9.12. The summed E-state index contributed by atoms with van der Waals surface area (Å²) < 4.78 is 1.48. The van der Waals surface area contributed by atoms with Crippen molar-refractivity contribution in [3.05, 3.63) is 34.2 Å². The van der Waals surface area contributed by atoms with E-state index in [0.29, 0.717) is 17.9 Å². The quantitative estimate of drug-likeness (QED) is 0.561. The predicted octanol–water partition coefficient (Wildman–Crippen LogP) is 1.49. The molecule has 3 amide bonds. The van der Waals surface area contributed by atoms with E-state index in [-0.39, 0.29) is 23.9 Å². The molecule has 0 aromatic carbocycles. The summed E-state index contributed by atoms with van der Waals surface area (Å²) in [5.41, 5.74) is 0.511. The van der Waals surface area contributed by atoms with Crippen LogP contribution in [-0.2, 0) is 20.9 Å². The third kappa shape index (κ3) is 5.21. The number of nitrogens with one attached hydrogen (secondary N) is 4. The zero-order valence-electron chi connectivity index (χ0n) is 16.9. The Hall–Kier alpha value is -2.72. The largest absolute Gasteiger partial charge is 0.343 e. The number of amides is 3. The molecule has 1 aliphatic heterocycles. The SMILES string of the molecule is Cc1cc(NC(=O)C(=O)NCc2cccs2)n(C2NC(=O)CC(C(C)(C)C)N2)n1. The first-order chi connectivity index (χ1) is 13.6. The van der Waals surface area contributed by atoms with Gasteiger partial charge in [0.15, 0.2) is 6.29 Å². The molecular formula is C19H26N6O3S. The molecule has 3 rings (SSSR count). The molecule has 10 heteroatoms. The van der Waals surface area contributed by atoms with Gasteiger partial charge in [0.25, 0.3) is 0 Å². The van der Waals surface area contributed by atoms with Crippen LogP contribution in [0.2, 0.25) is 0 Å². The molecule has 2 unspecified atom stereocenters. The Bertz CT molecular complexity index is 900. The van der Waals surface area contributed by atoms with Crippen LogP contribution in [0.5, 0.6) is 0 Å². The van der Waals surface area contributed by atoms with Gasteiger partial charge in [0.05, 0.1) is 12.2 Å². The van der Waals surface area contributed by atoms with E-state index in [4.69, 9.17) is 0 Å². The number of hydrogen-bond acceptors (Lipinski definition) is 6. The normalized spacial score (nSPS) is 19.5. The van der Waals surface area contributed by atoms with Crippen molar-refractivity contribution in [2.24, 2.45) is 5.41 Å². The maximum atomic E-state index is 12.3. The van der Waals surface area contributed by atoms with E-state index in [1.807, 2.05) is 17.5 Å². The van der Waals surface area contributed by atoms with E-state index in [0.717, 1.165) is 4.88 Å². The molecule has 1 aliphatic rings. The minimum Gasteiger partial charge on any atom is -0.343 e. The highest BCUT2D eigenvalue weighted by Gasteiger charge is 2.35. The first kappa shape index (κ1) is 21.0. The van der Waals surface area contributed by atoms with Crippen LogP contribution in [0, 0.1) is 12.3 Å². The first-order valence-corrected chi connectivity index (χ1v) is 10.2. The number of rotatable bonds is 4. The molecular weight excluding hydrogens is 392 g/mol. The van der Waals surface area contributed by atoms with Gasteiger partial charge in [-0.25, -0.2) is 4.68 Å². The van der Waals surface area contributed by atoms with Gasteiger partial charge in [-0.15, -0.1) is 11.3 Å². The Morgan fingerprint density at radius 1 is 1.34 bits per heavy atom. The topological polar surface area (TPSA) is 117 Å². The van der Waals surface area contributed by atoms with Crippen molar-refractivity contribution in [2.45, 2.75) is 53.0 Å². The Kier molecular flexibility index (Phi) is 6.04. The predicted molar refractivity (Wildman–Crippen MR) is 110 cm³/mol. The Labute approximate surface area is 173 Å². The van der Waals surface area contributed by atoms with Gasteiger partial charge >= 0.3 is 11.8 Å². The van der Waals surface area contributed by atoms with Gasteiger partial charge in [0.2, 0.25) is 5.91 Å². The maximum Gasteiger partial charge on any atom is 0.314 e. The number of thiophene rings is 1. The lowest BCUT2D eigenvalue weighted by atomic mass is 9.84. The average molecular weight is 419 g/mol. The van der Waals surface area contributed by atoms with E-state index < -0.39 is 18.1 Å². The van der Waals surface area contributed by atoms with E-state index >= 15 is 0 Å². The third-order valence-corrected chi connectivity index (χ3v) is 5.52. The monoisotopic (exact) mass is 418 g/mol. The summed E-state index contributed by atoms with van der Waals surface area (Å²) >= 11 is 1.50. The fourth-order valence-corrected chi connectivity index (χ4v) is 3.66. The molecule has 0 radical (unpaired) electrons. The van der Waals surface area contributed by atoms with Gasteiger partial charge in [-0.2, -0.15) is 5.10 Å². The van der Waals surface area contributed by atoms with Gasteiger partial charge in [0, 0.05) is 23.4 Å². The number of aryl methyl sites for hydroxylation is 1. The Morgan fingerprint density at radius 2 is 2.10 bits per heavy atom. The highest BCUT2D eigenvalue weighted by molar-refractivity contribution is 7.09. The lowest BCUT2D eigenvalue weighted by molar-refractivity contribution is -0.136. The van der Waals surface area contributed by atoms with E-state index in [1.165, 1.54) is 16.0 Å². The minimum atomic E-state index is -0.794. The van der Waals surface area contributed by atoms with Crippen LogP contribution in [0.25, 0.3) is 0 Å². The fourth-order valence-electron chi connectivity index (χ4n) is 3.02. The Morgan fingerprint density at radius 3 is 2.76 bits per heavy atom. The van der Waals surface area contributed by atoms with Gasteiger partial charge in [-0.3, -0.25) is 19.7 Å². The van der Waals surface area contributed by atoms with Crippen LogP contribution >= 0.6 is 11.3 Å². The smallest absolute Gasteiger partial charge is 0.314 e. The van der Waals surface area contributed by atoms with Crippen molar-refractivity contribution in [3.8, 4) is 0 Å². The molecule has 29 heavy (non-hydrogen) atoms. The highest BCUT2D eigenvalue weighted by atomic mass is 32.1. The second-order valence-electron chi connectivity index (χ2n) is 8.09. The number of hydrogen-bond donors (Lipinski definition) is 4. The number of anilines is 1. The summed E-state index contributed by atoms with van der Waals surface area (Å²) in [5.74, 6) is -1.31. The standard InChI is InChI=1S/C19H26N6O3S/c1-11-8-14(22-17(28)16(27)20-10-12-6-5-7-29-12)25(24-11)18-21-13(19(2,3)4)9-15(26)23-18/h5-8,13,18,21H,9-10H2,1-4H3,(H,20,27)(H,22,28)(H,23,26). The van der Waals surface area contributed by atoms with Crippen molar-refractivity contribution in [2.75, 3.05) is 5.32 Å². The Balaban J connectivity index is 1.70. The van der Waals surface area contributed by atoms with Crippen molar-refractivity contribution >= 4 is 34.9 Å². The molecule has 1 fully saturated rings. The minimum absolute atomic E-state index is 0.0663. The average Bonchev–Trinajstić information content (AvgIpc) is 3.28. The zero-order valence-corrected chi connectivity index (χ0v) is 17.7. The molecule has 156 valence electrons. The van der Waals surface area contributed by atoms with Gasteiger partial charge in [-0.05, 0) is 23.8 Å². The van der Waals surface area contributed by atoms with Crippen LogP contribution in [0.1, 0.15) is 44.1 Å². The molecule has 0 aliphatic carbocycles. The third-order valence-electron chi connectivity index (χ3n) is 4.65. The lowest BCUT2D eigenvalue weighted by Crippen LogP contribution is -2.57. The lowest BCUT2D eigenvalue weighted by Gasteiger charge is -2.39. The summed E-state index contributed by atoms with van der Waals surface area (Å²) in [6.45, 7) is 8.21. The number of aromatic nitrogens is 2. The van der Waals surface area contributed by atoms with Crippen LogP contribution in [-0.4, -0.2) is 33.5 Å². The van der Waals surface area contributed by atoms with Gasteiger partial charge in [0.1, 0.15) is 5.82 Å². The molecule has 2 aromatic rings. The molecule has 1 saturated heterocycles. The fraction of sp³-hybridized carbons (Fsp3) is 0.474. The van der Waals surface area contributed by atoms with Gasteiger partial charge in [-0.1, -0.05) is 26.8 Å². The van der Waals surface area contributed by atoms with Crippen LogP contribution in [0.3, 0.4) is 0 Å². The van der Waals surface area contributed by atoms with Crippen molar-refractivity contribution < 1.29 is 14.4 Å². The summed E-state index contributed by atoms with van der Waals surface area (Å²) in [4.78, 5) is 37.6. The van der Waals surface area contributed by atoms with Crippen molar-refractivity contribution in [1.29, 1.82) is 0 Å². The molecule has 0 spiro atoms. The molecule has 2 aromatic heterocycles. The summed E-state index contributed by atoms with van der Waals surface area (Å²) in [7, 11) is 0. The van der Waals surface area contributed by atoms with E-state index in [9.17, 15) is 14.4 Å². The van der Waals surface area contributed by atoms with E-state index in [1.54, 1.807) is 13.0 Å². The summed E-state index contributed by atoms with van der Waals surface area (Å²) in [5, 5.41) is 17.7. The molecule has 3 heterocycles. The summed E-state index contributed by atoms with van der Waals surface area (Å²) in [6.07, 6.45) is -0.272. The second kappa shape index (κ2) is 8.34. The number of carbonyl (C=O) groups excluding carboxylic acids is 3. The summed E-state index contributed by atoms with van der Waals surface area (Å²) in [6, 6.07) is 5.34. The number of carbonyl (C=O) groups is 3. The van der Waals surface area contributed by atoms with Gasteiger partial charge < -0.3 is 16.0 Å². The van der Waals surface area contributed by atoms with Crippen molar-refractivity contribution in [1.82, 2.24) is 25.7 Å².